The maximum atomic E-state index is 13.7. The van der Waals surface area contributed by atoms with Gasteiger partial charge in [0.05, 0.1) is 5.56 Å². The molecule has 2 heterocycles. The summed E-state index contributed by atoms with van der Waals surface area (Å²) >= 11 is 0. The van der Waals surface area contributed by atoms with Crippen LogP contribution in [0.15, 0.2) is 18.7 Å². The molecule has 0 N–H and O–H groups in total. The van der Waals surface area contributed by atoms with E-state index < -0.39 is 34.7 Å². The number of halogens is 3. The number of nitrogens with zero attached hydrogens (tertiary/aromatic N) is 4. The molecule has 0 aliphatic heterocycles. The molecule has 0 unspecified atom stereocenters. The molecule has 0 spiro atoms. The maximum absolute atomic E-state index is 13.7. The van der Waals surface area contributed by atoms with Crippen LogP contribution in [0.25, 0.3) is 11.4 Å². The SMILES string of the molecule is CC(C)(C)Oc1nc(-c2cncnc2)nc(OC(C)(C)C)c1C(F)(F)F. The van der Waals surface area contributed by atoms with Crippen molar-refractivity contribution in [1.82, 2.24) is 19.9 Å². The predicted octanol–water partition coefficient (Wildman–Crippen LogP) is 4.31. The number of alkyl halides is 3. The van der Waals surface area contributed by atoms with Gasteiger partial charge < -0.3 is 9.47 Å². The molecule has 6 nitrogen and oxygen atoms in total. The highest BCUT2D eigenvalue weighted by molar-refractivity contribution is 5.55. The van der Waals surface area contributed by atoms with E-state index in [1.165, 1.54) is 18.7 Å². The molecule has 0 saturated carbocycles. The second-order valence-electron chi connectivity index (χ2n) is 7.59. The molecule has 2 rings (SSSR count). The Balaban J connectivity index is 2.75. The van der Waals surface area contributed by atoms with Crippen molar-refractivity contribution in [1.29, 1.82) is 0 Å². The Morgan fingerprint density at radius 2 is 1.19 bits per heavy atom. The van der Waals surface area contributed by atoms with Gasteiger partial charge in [-0.2, -0.15) is 23.1 Å². The molecule has 0 bridgehead atoms. The van der Waals surface area contributed by atoms with Crippen LogP contribution in [0.4, 0.5) is 13.2 Å². The van der Waals surface area contributed by atoms with Gasteiger partial charge in [-0.25, -0.2) is 9.97 Å². The van der Waals surface area contributed by atoms with E-state index in [1.54, 1.807) is 41.5 Å². The molecular formula is C17H21F3N4O2. The van der Waals surface area contributed by atoms with Crippen molar-refractivity contribution in [2.45, 2.75) is 58.9 Å². The molecule has 26 heavy (non-hydrogen) atoms. The summed E-state index contributed by atoms with van der Waals surface area (Å²) in [6, 6.07) is 0. The Kier molecular flexibility index (Phi) is 5.12. The Labute approximate surface area is 149 Å². The van der Waals surface area contributed by atoms with Crippen molar-refractivity contribution in [2.75, 3.05) is 0 Å². The van der Waals surface area contributed by atoms with Gasteiger partial charge in [-0.3, -0.25) is 0 Å². The van der Waals surface area contributed by atoms with Crippen LogP contribution < -0.4 is 9.47 Å². The lowest BCUT2D eigenvalue weighted by Crippen LogP contribution is -2.29. The largest absolute Gasteiger partial charge is 0.471 e. The number of rotatable bonds is 3. The molecule has 0 radical (unpaired) electrons. The maximum Gasteiger partial charge on any atom is 0.426 e. The van der Waals surface area contributed by atoms with Gasteiger partial charge in [-0.05, 0) is 41.5 Å². The number of hydrogen-bond acceptors (Lipinski definition) is 6. The van der Waals surface area contributed by atoms with Gasteiger partial charge in [-0.15, -0.1) is 0 Å². The van der Waals surface area contributed by atoms with Crippen molar-refractivity contribution >= 4 is 0 Å². The quantitative estimate of drug-likeness (QED) is 0.802. The van der Waals surface area contributed by atoms with E-state index >= 15 is 0 Å². The Hall–Kier alpha value is -2.45. The Bertz CT molecular complexity index is 729. The van der Waals surface area contributed by atoms with E-state index in [-0.39, 0.29) is 5.82 Å². The molecule has 142 valence electrons. The van der Waals surface area contributed by atoms with Crippen molar-refractivity contribution in [3.63, 3.8) is 0 Å². The first-order valence-electron chi connectivity index (χ1n) is 7.89. The highest BCUT2D eigenvalue weighted by atomic mass is 19.4. The van der Waals surface area contributed by atoms with Gasteiger partial charge in [0.2, 0.25) is 11.8 Å². The van der Waals surface area contributed by atoms with E-state index in [2.05, 4.69) is 19.9 Å². The summed E-state index contributed by atoms with van der Waals surface area (Å²) in [4.78, 5) is 15.6. The second kappa shape index (κ2) is 6.69. The summed E-state index contributed by atoms with van der Waals surface area (Å²) in [7, 11) is 0. The van der Waals surface area contributed by atoms with Gasteiger partial charge in [0.25, 0.3) is 0 Å². The standard InChI is InChI=1S/C17H21F3N4O2/c1-15(2,3)25-13-11(17(18,19)20)14(26-16(4,5)6)24-12(23-13)10-7-21-9-22-8-10/h7-9H,1-6H3. The van der Waals surface area contributed by atoms with Gasteiger partial charge in [0.1, 0.15) is 17.5 Å². The van der Waals surface area contributed by atoms with Crippen molar-refractivity contribution in [3.05, 3.63) is 24.3 Å². The average Bonchev–Trinajstić information content (AvgIpc) is 2.42. The predicted molar refractivity (Wildman–Crippen MR) is 88.8 cm³/mol. The third-order valence-electron chi connectivity index (χ3n) is 2.75. The van der Waals surface area contributed by atoms with E-state index in [1.807, 2.05) is 0 Å². The minimum Gasteiger partial charge on any atom is -0.471 e. The fraction of sp³-hybridized carbons (Fsp3) is 0.529. The van der Waals surface area contributed by atoms with E-state index in [0.717, 1.165) is 0 Å². The van der Waals surface area contributed by atoms with Crippen LogP contribution in [0.1, 0.15) is 47.1 Å². The summed E-state index contributed by atoms with van der Waals surface area (Å²) in [6.45, 7) is 9.78. The molecule has 9 heteroatoms. The molecule has 0 atom stereocenters. The molecule has 0 aromatic carbocycles. The van der Waals surface area contributed by atoms with E-state index in [4.69, 9.17) is 9.47 Å². The van der Waals surface area contributed by atoms with Crippen LogP contribution >= 0.6 is 0 Å². The van der Waals surface area contributed by atoms with E-state index in [9.17, 15) is 13.2 Å². The van der Waals surface area contributed by atoms with Gasteiger partial charge in [0, 0.05) is 12.4 Å². The molecular weight excluding hydrogens is 349 g/mol. The number of hydrogen-bond donors (Lipinski definition) is 0. The fourth-order valence-corrected chi connectivity index (χ4v) is 1.93. The highest BCUT2D eigenvalue weighted by Gasteiger charge is 2.43. The zero-order valence-corrected chi connectivity index (χ0v) is 15.5. The van der Waals surface area contributed by atoms with Crippen molar-refractivity contribution < 1.29 is 22.6 Å². The zero-order valence-electron chi connectivity index (χ0n) is 15.5. The van der Waals surface area contributed by atoms with Crippen molar-refractivity contribution in [2.24, 2.45) is 0 Å². The first kappa shape index (κ1) is 19.9. The Morgan fingerprint density at radius 3 is 1.54 bits per heavy atom. The lowest BCUT2D eigenvalue weighted by Gasteiger charge is -2.27. The summed E-state index contributed by atoms with van der Waals surface area (Å²) < 4.78 is 52.2. The molecule has 0 aliphatic rings. The lowest BCUT2D eigenvalue weighted by atomic mass is 10.1. The van der Waals surface area contributed by atoms with Crippen LogP contribution in [0.3, 0.4) is 0 Å². The van der Waals surface area contributed by atoms with Crippen LogP contribution in [-0.2, 0) is 6.18 Å². The van der Waals surface area contributed by atoms with Crippen LogP contribution in [0.2, 0.25) is 0 Å². The summed E-state index contributed by atoms with van der Waals surface area (Å²) in [5, 5.41) is 0. The average molecular weight is 370 g/mol. The molecule has 0 aliphatic carbocycles. The number of ether oxygens (including phenoxy) is 2. The highest BCUT2D eigenvalue weighted by Crippen LogP contribution is 2.43. The van der Waals surface area contributed by atoms with Gasteiger partial charge >= 0.3 is 6.18 Å². The molecule has 2 aromatic heterocycles. The van der Waals surface area contributed by atoms with Crippen molar-refractivity contribution in [3.8, 4) is 23.1 Å². The fourth-order valence-electron chi connectivity index (χ4n) is 1.93. The normalized spacial score (nSPS) is 12.8. The van der Waals surface area contributed by atoms with Crippen LogP contribution in [0.5, 0.6) is 11.8 Å². The summed E-state index contributed by atoms with van der Waals surface area (Å²) in [5.74, 6) is -1.21. The molecule has 2 aromatic rings. The molecule has 0 saturated heterocycles. The first-order valence-corrected chi connectivity index (χ1v) is 7.89. The van der Waals surface area contributed by atoms with Crippen LogP contribution in [0, 0.1) is 0 Å². The second-order valence-corrected chi connectivity index (χ2v) is 7.59. The third kappa shape index (κ3) is 5.27. The summed E-state index contributed by atoms with van der Waals surface area (Å²) in [5.41, 5.74) is -2.61. The topological polar surface area (TPSA) is 70.0 Å². The van der Waals surface area contributed by atoms with Gasteiger partial charge in [0.15, 0.2) is 11.4 Å². The minimum absolute atomic E-state index is 0.0166. The zero-order chi connectivity index (χ0) is 19.8. The van der Waals surface area contributed by atoms with Gasteiger partial charge in [-0.1, -0.05) is 0 Å². The molecule has 0 fully saturated rings. The lowest BCUT2D eigenvalue weighted by molar-refractivity contribution is -0.142. The monoisotopic (exact) mass is 370 g/mol. The minimum atomic E-state index is -4.76. The summed E-state index contributed by atoms with van der Waals surface area (Å²) in [6.07, 6.45) is -0.658. The number of aromatic nitrogens is 4. The molecule has 0 amide bonds. The Morgan fingerprint density at radius 1 is 0.769 bits per heavy atom. The smallest absolute Gasteiger partial charge is 0.426 e. The first-order chi connectivity index (χ1) is 11.8. The van der Waals surface area contributed by atoms with Crippen LogP contribution in [-0.4, -0.2) is 31.1 Å². The van der Waals surface area contributed by atoms with E-state index in [0.29, 0.717) is 5.56 Å². The third-order valence-corrected chi connectivity index (χ3v) is 2.75.